The van der Waals surface area contributed by atoms with Gasteiger partial charge in [-0.15, -0.1) is 0 Å². The number of ether oxygens (including phenoxy) is 1. The molecule has 0 aliphatic carbocycles. The molecule has 3 aromatic rings. The van der Waals surface area contributed by atoms with Crippen LogP contribution in [0.1, 0.15) is 31.0 Å². The number of aliphatic hydroxyl groups is 1. The Kier molecular flexibility index (Phi) is 7.57. The number of methoxy groups -OCH3 is 1. The Morgan fingerprint density at radius 1 is 1.03 bits per heavy atom. The quantitative estimate of drug-likeness (QED) is 0.238. The smallest absolute Gasteiger partial charge is 0.295 e. The Morgan fingerprint density at radius 2 is 1.74 bits per heavy atom. The van der Waals surface area contributed by atoms with E-state index in [1.807, 2.05) is 54.6 Å². The van der Waals surface area contributed by atoms with E-state index in [9.17, 15) is 14.7 Å². The van der Waals surface area contributed by atoms with E-state index < -0.39 is 17.7 Å². The molecule has 1 aliphatic rings. The summed E-state index contributed by atoms with van der Waals surface area (Å²) in [4.78, 5) is 30.2. The average molecular weight is 537 g/mol. The van der Waals surface area contributed by atoms with Crippen molar-refractivity contribution < 1.29 is 19.4 Å². The number of hydrogen-bond acceptors (Lipinski definition) is 5. The molecule has 0 spiro atoms. The Balaban J connectivity index is 1.81. The van der Waals surface area contributed by atoms with Gasteiger partial charge in [0.05, 0.1) is 18.7 Å². The van der Waals surface area contributed by atoms with E-state index in [0.717, 1.165) is 39.6 Å². The highest BCUT2D eigenvalue weighted by Gasteiger charge is 2.46. The first-order valence-electron chi connectivity index (χ1n) is 11.7. The minimum atomic E-state index is -0.672. The van der Waals surface area contributed by atoms with Gasteiger partial charge >= 0.3 is 0 Å². The van der Waals surface area contributed by atoms with Crippen LogP contribution < -0.4 is 4.74 Å². The van der Waals surface area contributed by atoms with Crippen molar-refractivity contribution in [2.45, 2.75) is 19.9 Å². The molecule has 4 rings (SSSR count). The number of halogens is 1. The molecule has 1 atom stereocenters. The topological polar surface area (TPSA) is 70.1 Å². The van der Waals surface area contributed by atoms with Gasteiger partial charge in [0.15, 0.2) is 0 Å². The molecule has 0 radical (unpaired) electrons. The second-order valence-electron chi connectivity index (χ2n) is 8.50. The summed E-state index contributed by atoms with van der Waals surface area (Å²) in [5, 5.41) is 13.2. The highest BCUT2D eigenvalue weighted by Crippen LogP contribution is 2.40. The number of likely N-dealkylation sites (N-methyl/N-ethyl adjacent to an activating group) is 1. The molecule has 0 bridgehead atoms. The summed E-state index contributed by atoms with van der Waals surface area (Å²) in [6.07, 6.45) is 0. The summed E-state index contributed by atoms with van der Waals surface area (Å²) in [6.45, 7) is 6.87. The minimum absolute atomic E-state index is 0.112. The molecule has 1 N–H and O–H groups in total. The molecular weight excluding hydrogens is 508 g/mol. The van der Waals surface area contributed by atoms with Crippen molar-refractivity contribution in [3.63, 3.8) is 0 Å². The molecule has 182 valence electrons. The Labute approximate surface area is 213 Å². The first-order chi connectivity index (χ1) is 16.9. The lowest BCUT2D eigenvalue weighted by atomic mass is 9.94. The lowest BCUT2D eigenvalue weighted by molar-refractivity contribution is -0.140. The molecule has 1 amide bonds. The van der Waals surface area contributed by atoms with Gasteiger partial charge in [-0.05, 0) is 59.8 Å². The molecule has 3 aromatic carbocycles. The summed E-state index contributed by atoms with van der Waals surface area (Å²) in [5.41, 5.74) is 1.37. The molecule has 35 heavy (non-hydrogen) atoms. The normalized spacial score (nSPS) is 17.5. The van der Waals surface area contributed by atoms with Crippen molar-refractivity contribution in [2.24, 2.45) is 0 Å². The molecule has 1 heterocycles. The number of likely N-dealkylation sites (tertiary alicyclic amines) is 1. The van der Waals surface area contributed by atoms with E-state index in [4.69, 9.17) is 4.74 Å². The van der Waals surface area contributed by atoms with Crippen LogP contribution in [0.25, 0.3) is 16.5 Å². The zero-order valence-electron chi connectivity index (χ0n) is 20.1. The van der Waals surface area contributed by atoms with Crippen LogP contribution in [0, 0.1) is 0 Å². The van der Waals surface area contributed by atoms with Crippen LogP contribution in [0.2, 0.25) is 0 Å². The second kappa shape index (κ2) is 10.6. The Bertz CT molecular complexity index is 1300. The molecular formula is C28H29BrN2O4. The molecule has 6 nitrogen and oxygen atoms in total. The van der Waals surface area contributed by atoms with Crippen LogP contribution in [0.5, 0.6) is 5.75 Å². The third-order valence-electron chi connectivity index (χ3n) is 6.58. The maximum absolute atomic E-state index is 13.3. The van der Waals surface area contributed by atoms with E-state index in [2.05, 4.69) is 34.7 Å². The van der Waals surface area contributed by atoms with Gasteiger partial charge in [-0.2, -0.15) is 0 Å². The number of nitrogens with zero attached hydrogens (tertiary/aromatic N) is 2. The predicted octanol–water partition coefficient (Wildman–Crippen LogP) is 5.37. The lowest BCUT2D eigenvalue weighted by Gasteiger charge is -2.28. The average Bonchev–Trinajstić information content (AvgIpc) is 3.13. The van der Waals surface area contributed by atoms with E-state index >= 15 is 0 Å². The number of fused-ring (bicyclic) bond motifs is 1. The van der Waals surface area contributed by atoms with Crippen molar-refractivity contribution in [3.8, 4) is 5.75 Å². The fourth-order valence-corrected chi connectivity index (χ4v) is 4.99. The maximum atomic E-state index is 13.3. The summed E-state index contributed by atoms with van der Waals surface area (Å²) in [7, 11) is 1.61. The number of amides is 1. The minimum Gasteiger partial charge on any atom is -0.507 e. The second-order valence-corrected chi connectivity index (χ2v) is 9.42. The van der Waals surface area contributed by atoms with E-state index in [1.165, 1.54) is 0 Å². The Hall–Kier alpha value is -3.16. The van der Waals surface area contributed by atoms with Crippen LogP contribution in [0.4, 0.5) is 0 Å². The fraction of sp³-hybridized carbons (Fsp3) is 0.286. The largest absolute Gasteiger partial charge is 0.507 e. The number of rotatable bonds is 8. The Morgan fingerprint density at radius 3 is 2.43 bits per heavy atom. The molecule has 0 saturated carbocycles. The van der Waals surface area contributed by atoms with Gasteiger partial charge in [0.25, 0.3) is 11.7 Å². The fourth-order valence-electron chi connectivity index (χ4n) is 4.58. The third-order valence-corrected chi connectivity index (χ3v) is 7.07. The maximum Gasteiger partial charge on any atom is 0.295 e. The van der Waals surface area contributed by atoms with E-state index in [0.29, 0.717) is 18.7 Å². The van der Waals surface area contributed by atoms with Gasteiger partial charge in [-0.3, -0.25) is 9.59 Å². The summed E-state index contributed by atoms with van der Waals surface area (Å²) >= 11 is 3.50. The highest BCUT2D eigenvalue weighted by atomic mass is 79.9. The SMILES string of the molecule is CCN(CC)CCN1C(=O)C(=O)/C(=C(/O)c2ccc3cc(OC)ccc3c2)C1c1cccc(Br)c1. The van der Waals surface area contributed by atoms with Crippen LogP contribution in [0.3, 0.4) is 0 Å². The van der Waals surface area contributed by atoms with Gasteiger partial charge in [0.1, 0.15) is 11.5 Å². The van der Waals surface area contributed by atoms with Crippen LogP contribution in [-0.2, 0) is 9.59 Å². The standard InChI is InChI=1S/C28H29BrN2O4/c1-4-30(5-2)13-14-31-25(20-7-6-8-22(29)16-20)24(27(33)28(31)34)26(32)21-10-9-19-17-23(35-3)12-11-18(19)15-21/h6-12,15-17,25,32H,4-5,13-14H2,1-3H3/b26-24+. The number of carbonyl (C=O) groups excluding carboxylic acids is 2. The zero-order valence-corrected chi connectivity index (χ0v) is 21.7. The lowest BCUT2D eigenvalue weighted by Crippen LogP contribution is -2.38. The van der Waals surface area contributed by atoms with Gasteiger partial charge in [0.2, 0.25) is 0 Å². The van der Waals surface area contributed by atoms with Gasteiger partial charge in [-0.25, -0.2) is 0 Å². The third kappa shape index (κ3) is 4.97. The predicted molar refractivity (Wildman–Crippen MR) is 141 cm³/mol. The molecule has 1 saturated heterocycles. The number of aliphatic hydroxyl groups excluding tert-OH is 1. The molecule has 1 unspecified atom stereocenters. The van der Waals surface area contributed by atoms with Gasteiger partial charge in [-0.1, -0.05) is 60.1 Å². The molecule has 1 aliphatic heterocycles. The zero-order chi connectivity index (χ0) is 25.1. The van der Waals surface area contributed by atoms with Gasteiger partial charge < -0.3 is 19.6 Å². The van der Waals surface area contributed by atoms with Crippen molar-refractivity contribution in [3.05, 3.63) is 81.8 Å². The monoisotopic (exact) mass is 536 g/mol. The van der Waals surface area contributed by atoms with Crippen molar-refractivity contribution >= 4 is 44.2 Å². The number of carbonyl (C=O) groups is 2. The number of Topliss-reactive ketones (excluding diaryl/α,β-unsaturated/α-hetero) is 1. The molecule has 7 heteroatoms. The number of benzene rings is 3. The number of hydrogen-bond donors (Lipinski definition) is 1. The first-order valence-corrected chi connectivity index (χ1v) is 12.5. The van der Waals surface area contributed by atoms with Crippen molar-refractivity contribution in [1.82, 2.24) is 9.80 Å². The summed E-state index contributed by atoms with van der Waals surface area (Å²) in [6, 6.07) is 18.0. The first kappa shape index (κ1) is 24.9. The van der Waals surface area contributed by atoms with Crippen molar-refractivity contribution in [2.75, 3.05) is 33.3 Å². The van der Waals surface area contributed by atoms with Crippen LogP contribution >= 0.6 is 15.9 Å². The number of ketones is 1. The summed E-state index contributed by atoms with van der Waals surface area (Å²) < 4.78 is 6.13. The molecule has 0 aromatic heterocycles. The van der Waals surface area contributed by atoms with Crippen LogP contribution in [-0.4, -0.2) is 59.9 Å². The van der Waals surface area contributed by atoms with E-state index in [-0.39, 0.29) is 11.3 Å². The van der Waals surface area contributed by atoms with Crippen LogP contribution in [0.15, 0.2) is 70.7 Å². The highest BCUT2D eigenvalue weighted by molar-refractivity contribution is 9.10. The molecule has 1 fully saturated rings. The van der Waals surface area contributed by atoms with Crippen molar-refractivity contribution in [1.29, 1.82) is 0 Å². The van der Waals surface area contributed by atoms with E-state index in [1.54, 1.807) is 18.1 Å². The summed E-state index contributed by atoms with van der Waals surface area (Å²) in [5.74, 6) is -0.685. The van der Waals surface area contributed by atoms with Gasteiger partial charge in [0, 0.05) is 23.1 Å².